The van der Waals surface area contributed by atoms with Crippen LogP contribution in [-0.4, -0.2) is 22.2 Å². The average molecular weight is 314 g/mol. The van der Waals surface area contributed by atoms with Gasteiger partial charge in [0.15, 0.2) is 0 Å². The number of carbonyl (C=O) groups excluding carboxylic acids is 1. The Morgan fingerprint density at radius 1 is 1.22 bits per heavy atom. The average Bonchev–Trinajstić information content (AvgIpc) is 2.79. The number of aromatic nitrogens is 1. The van der Waals surface area contributed by atoms with Crippen LogP contribution in [0.1, 0.15) is 47.1 Å². The number of nitrogens with two attached hydrogens (primary N) is 1. The Morgan fingerprint density at radius 2 is 1.87 bits per heavy atom. The zero-order chi connectivity index (χ0) is 17.0. The third-order valence-electron chi connectivity index (χ3n) is 4.24. The van der Waals surface area contributed by atoms with E-state index in [2.05, 4.69) is 23.6 Å². The number of nitrogens with zero attached hydrogens (tertiary/aromatic N) is 1. The van der Waals surface area contributed by atoms with Crippen molar-refractivity contribution in [3.8, 4) is 11.1 Å². The molecule has 3 N–H and O–H groups in total. The fraction of sp³-hybridized carbons (Fsp3) is 0.421. The molecule has 0 unspecified atom stereocenters. The first-order valence-electron chi connectivity index (χ1n) is 8.20. The highest BCUT2D eigenvalue weighted by Gasteiger charge is 2.23. The van der Waals surface area contributed by atoms with E-state index in [1.807, 2.05) is 26.0 Å². The second-order valence-electron chi connectivity index (χ2n) is 5.99. The Labute approximate surface area is 137 Å². The minimum atomic E-state index is -0.391. The molecule has 0 fully saturated rings. The molecule has 2 aromatic rings. The smallest absolute Gasteiger partial charge is 0.251 e. The first-order chi connectivity index (χ1) is 11.0. The van der Waals surface area contributed by atoms with Gasteiger partial charge < -0.3 is 15.4 Å². The molecule has 0 aliphatic carbocycles. The van der Waals surface area contributed by atoms with E-state index >= 15 is 0 Å². The van der Waals surface area contributed by atoms with Crippen molar-refractivity contribution in [3.05, 3.63) is 46.8 Å². The number of aliphatic hydroxyl groups excluding tert-OH is 1. The maximum absolute atomic E-state index is 12.1. The van der Waals surface area contributed by atoms with Crippen LogP contribution < -0.4 is 5.73 Å². The van der Waals surface area contributed by atoms with Crippen LogP contribution in [0.2, 0.25) is 0 Å². The number of primary amides is 1. The molecule has 0 saturated carbocycles. The van der Waals surface area contributed by atoms with Crippen molar-refractivity contribution in [2.45, 2.75) is 46.6 Å². The quantitative estimate of drug-likeness (QED) is 0.824. The Kier molecular flexibility index (Phi) is 5.61. The lowest BCUT2D eigenvalue weighted by molar-refractivity contribution is 0.1000. The van der Waals surface area contributed by atoms with Gasteiger partial charge in [0.1, 0.15) is 0 Å². The number of aliphatic hydroxyl groups is 1. The van der Waals surface area contributed by atoms with E-state index in [1.165, 1.54) is 5.56 Å². The molecular formula is C19H26N2O2. The van der Waals surface area contributed by atoms with E-state index in [1.54, 1.807) is 0 Å². The molecule has 124 valence electrons. The number of rotatable bonds is 7. The predicted octanol–water partition coefficient (Wildman–Crippen LogP) is 3.21. The van der Waals surface area contributed by atoms with E-state index in [-0.39, 0.29) is 6.61 Å². The second kappa shape index (κ2) is 7.47. The van der Waals surface area contributed by atoms with Gasteiger partial charge in [-0.25, -0.2) is 0 Å². The molecule has 0 aliphatic heterocycles. The summed E-state index contributed by atoms with van der Waals surface area (Å²) in [5.74, 6) is -0.391. The van der Waals surface area contributed by atoms with Crippen molar-refractivity contribution in [2.75, 3.05) is 6.61 Å². The lowest BCUT2D eigenvalue weighted by Gasteiger charge is -2.12. The molecule has 4 heteroatoms. The highest BCUT2D eigenvalue weighted by Crippen LogP contribution is 2.34. The van der Waals surface area contributed by atoms with Crippen LogP contribution in [0.15, 0.2) is 24.3 Å². The minimum Gasteiger partial charge on any atom is -0.396 e. The van der Waals surface area contributed by atoms with Gasteiger partial charge in [-0.1, -0.05) is 43.2 Å². The zero-order valence-electron chi connectivity index (χ0n) is 14.2. The molecule has 0 saturated heterocycles. The lowest BCUT2D eigenvalue weighted by atomic mass is 9.97. The SMILES string of the molecule is CCCc1c(-c2ccc(C)cc2)c(C(N)=O)c(C)n1CCCO. The molecule has 0 atom stereocenters. The standard InChI is InChI=1S/C19H26N2O2/c1-4-6-16-18(15-9-7-13(2)8-10-15)17(19(20)23)14(3)21(16)11-5-12-22/h7-10,22H,4-6,11-12H2,1-3H3,(H2,20,23). The monoisotopic (exact) mass is 314 g/mol. The van der Waals surface area contributed by atoms with E-state index in [0.717, 1.165) is 35.4 Å². The lowest BCUT2D eigenvalue weighted by Crippen LogP contribution is -2.13. The third-order valence-corrected chi connectivity index (χ3v) is 4.24. The summed E-state index contributed by atoms with van der Waals surface area (Å²) >= 11 is 0. The maximum atomic E-state index is 12.1. The van der Waals surface area contributed by atoms with Gasteiger partial charge in [-0.2, -0.15) is 0 Å². The summed E-state index contributed by atoms with van der Waals surface area (Å²) in [6.45, 7) is 6.94. The summed E-state index contributed by atoms with van der Waals surface area (Å²) in [7, 11) is 0. The van der Waals surface area contributed by atoms with Crippen LogP contribution in [-0.2, 0) is 13.0 Å². The Bertz CT molecular complexity index is 684. The Hall–Kier alpha value is -2.07. The third kappa shape index (κ3) is 3.48. The topological polar surface area (TPSA) is 68.2 Å². The molecule has 1 aromatic carbocycles. The summed E-state index contributed by atoms with van der Waals surface area (Å²) < 4.78 is 2.15. The number of benzene rings is 1. The number of hydrogen-bond donors (Lipinski definition) is 2. The van der Waals surface area contributed by atoms with Crippen LogP contribution in [0.25, 0.3) is 11.1 Å². The van der Waals surface area contributed by atoms with Gasteiger partial charge in [-0.15, -0.1) is 0 Å². The van der Waals surface area contributed by atoms with Gasteiger partial charge in [0.25, 0.3) is 5.91 Å². The summed E-state index contributed by atoms with van der Waals surface area (Å²) in [6.07, 6.45) is 2.53. The van der Waals surface area contributed by atoms with Gasteiger partial charge in [0.2, 0.25) is 0 Å². The molecule has 0 bridgehead atoms. The summed E-state index contributed by atoms with van der Waals surface area (Å²) in [5, 5.41) is 9.17. The largest absolute Gasteiger partial charge is 0.396 e. The Balaban J connectivity index is 2.70. The van der Waals surface area contributed by atoms with E-state index in [0.29, 0.717) is 18.5 Å². The van der Waals surface area contributed by atoms with Crippen LogP contribution in [0.3, 0.4) is 0 Å². The van der Waals surface area contributed by atoms with Gasteiger partial charge in [0.05, 0.1) is 5.56 Å². The summed E-state index contributed by atoms with van der Waals surface area (Å²) in [5.41, 5.74) is 11.5. The van der Waals surface area contributed by atoms with Crippen molar-refractivity contribution >= 4 is 5.91 Å². The van der Waals surface area contributed by atoms with E-state index in [9.17, 15) is 4.79 Å². The first-order valence-corrected chi connectivity index (χ1v) is 8.20. The molecule has 4 nitrogen and oxygen atoms in total. The highest BCUT2D eigenvalue weighted by molar-refractivity contribution is 6.02. The number of aryl methyl sites for hydroxylation is 1. The molecule has 0 radical (unpaired) electrons. The van der Waals surface area contributed by atoms with E-state index < -0.39 is 5.91 Å². The van der Waals surface area contributed by atoms with Gasteiger partial charge >= 0.3 is 0 Å². The van der Waals surface area contributed by atoms with Crippen molar-refractivity contribution < 1.29 is 9.90 Å². The maximum Gasteiger partial charge on any atom is 0.251 e. The first kappa shape index (κ1) is 17.3. The van der Waals surface area contributed by atoms with Crippen LogP contribution in [0.5, 0.6) is 0 Å². The fourth-order valence-corrected chi connectivity index (χ4v) is 3.16. The highest BCUT2D eigenvalue weighted by atomic mass is 16.3. The van der Waals surface area contributed by atoms with Gasteiger partial charge in [0, 0.05) is 30.1 Å². The number of amides is 1. The molecule has 1 aromatic heterocycles. The molecule has 23 heavy (non-hydrogen) atoms. The minimum absolute atomic E-state index is 0.134. The van der Waals surface area contributed by atoms with Crippen molar-refractivity contribution in [3.63, 3.8) is 0 Å². The fourth-order valence-electron chi connectivity index (χ4n) is 3.16. The normalized spacial score (nSPS) is 11.0. The number of hydrogen-bond acceptors (Lipinski definition) is 2. The zero-order valence-corrected chi connectivity index (χ0v) is 14.2. The van der Waals surface area contributed by atoms with Gasteiger partial charge in [-0.3, -0.25) is 4.79 Å². The van der Waals surface area contributed by atoms with Crippen molar-refractivity contribution in [1.82, 2.24) is 4.57 Å². The summed E-state index contributed by atoms with van der Waals surface area (Å²) in [4.78, 5) is 12.1. The van der Waals surface area contributed by atoms with Gasteiger partial charge in [-0.05, 0) is 32.3 Å². The number of carbonyl (C=O) groups is 1. The molecule has 0 spiro atoms. The summed E-state index contributed by atoms with van der Waals surface area (Å²) in [6, 6.07) is 8.20. The molecule has 1 amide bonds. The van der Waals surface area contributed by atoms with Crippen molar-refractivity contribution in [1.29, 1.82) is 0 Å². The van der Waals surface area contributed by atoms with Crippen LogP contribution >= 0.6 is 0 Å². The second-order valence-corrected chi connectivity index (χ2v) is 5.99. The van der Waals surface area contributed by atoms with Crippen LogP contribution in [0.4, 0.5) is 0 Å². The Morgan fingerprint density at radius 3 is 2.39 bits per heavy atom. The molecular weight excluding hydrogens is 288 g/mol. The molecule has 1 heterocycles. The van der Waals surface area contributed by atoms with Crippen molar-refractivity contribution in [2.24, 2.45) is 5.73 Å². The predicted molar refractivity (Wildman–Crippen MR) is 93.6 cm³/mol. The molecule has 0 aliphatic rings. The van der Waals surface area contributed by atoms with E-state index in [4.69, 9.17) is 10.8 Å². The molecule has 2 rings (SSSR count). The van der Waals surface area contributed by atoms with Crippen LogP contribution in [0, 0.1) is 13.8 Å².